The summed E-state index contributed by atoms with van der Waals surface area (Å²) >= 11 is 0. The number of phenolic OH excluding ortho intramolecular Hbond substituents is 1. The second-order valence-electron chi connectivity index (χ2n) is 5.03. The van der Waals surface area contributed by atoms with Gasteiger partial charge in [0.15, 0.2) is 0 Å². The zero-order valence-electron chi connectivity index (χ0n) is 10.4. The van der Waals surface area contributed by atoms with Gasteiger partial charge in [0.2, 0.25) is 0 Å². The first-order valence-corrected chi connectivity index (χ1v) is 5.52. The molecule has 0 saturated heterocycles. The molecule has 0 heterocycles. The highest BCUT2D eigenvalue weighted by Crippen LogP contribution is 2.31. The van der Waals surface area contributed by atoms with Crippen molar-refractivity contribution in [2.24, 2.45) is 0 Å². The molecule has 0 aliphatic rings. The van der Waals surface area contributed by atoms with Gasteiger partial charge in [-0.1, -0.05) is 39.0 Å². The number of aliphatic carboxylic acids is 1. The predicted octanol–water partition coefficient (Wildman–Crippen LogP) is 3.18. The molecule has 0 spiro atoms. The van der Waals surface area contributed by atoms with Crippen LogP contribution in [-0.2, 0) is 10.2 Å². The normalized spacial score (nSPS) is 11.9. The molecule has 1 rings (SSSR count). The first kappa shape index (κ1) is 13.3. The van der Waals surface area contributed by atoms with Crippen molar-refractivity contribution in [3.05, 3.63) is 35.4 Å². The molecular weight excluding hydrogens is 216 g/mol. The Balaban J connectivity index is 2.97. The van der Waals surface area contributed by atoms with Gasteiger partial charge in [0.25, 0.3) is 0 Å². The molecule has 0 amide bonds. The summed E-state index contributed by atoms with van der Waals surface area (Å²) < 4.78 is 0. The Morgan fingerprint density at radius 2 is 2.00 bits per heavy atom. The monoisotopic (exact) mass is 234 g/mol. The number of phenols is 1. The van der Waals surface area contributed by atoms with E-state index in [0.717, 1.165) is 11.1 Å². The highest BCUT2D eigenvalue weighted by molar-refractivity contribution is 5.70. The highest BCUT2D eigenvalue weighted by Gasteiger charge is 2.17. The third-order valence-corrected chi connectivity index (χ3v) is 2.43. The lowest BCUT2D eigenvalue weighted by molar-refractivity contribution is -0.135. The highest BCUT2D eigenvalue weighted by atomic mass is 16.4. The molecule has 3 heteroatoms. The fourth-order valence-electron chi connectivity index (χ4n) is 1.55. The van der Waals surface area contributed by atoms with Crippen molar-refractivity contribution < 1.29 is 15.0 Å². The summed E-state index contributed by atoms with van der Waals surface area (Å²) in [5.74, 6) is -0.580. The van der Waals surface area contributed by atoms with Gasteiger partial charge in [-0.05, 0) is 28.7 Å². The van der Waals surface area contributed by atoms with E-state index in [-0.39, 0.29) is 17.6 Å². The lowest BCUT2D eigenvalue weighted by Gasteiger charge is -2.20. The minimum atomic E-state index is -0.851. The molecule has 0 aliphatic heterocycles. The van der Waals surface area contributed by atoms with Gasteiger partial charge in [0.05, 0.1) is 6.42 Å². The van der Waals surface area contributed by atoms with E-state index in [1.54, 1.807) is 24.3 Å². The van der Waals surface area contributed by atoms with Crippen LogP contribution in [0.5, 0.6) is 5.75 Å². The molecule has 0 radical (unpaired) electrons. The van der Waals surface area contributed by atoms with Crippen LogP contribution in [0.15, 0.2) is 24.3 Å². The van der Waals surface area contributed by atoms with Crippen molar-refractivity contribution in [3.63, 3.8) is 0 Å². The van der Waals surface area contributed by atoms with E-state index < -0.39 is 5.97 Å². The fraction of sp³-hybridized carbons (Fsp3) is 0.357. The lowest BCUT2D eigenvalue weighted by atomic mass is 9.85. The Labute approximate surface area is 101 Å². The number of benzene rings is 1. The second kappa shape index (κ2) is 5.04. The van der Waals surface area contributed by atoms with E-state index in [2.05, 4.69) is 0 Å². The Morgan fingerprint density at radius 3 is 2.53 bits per heavy atom. The van der Waals surface area contributed by atoms with E-state index in [1.165, 1.54) is 0 Å². The smallest absolute Gasteiger partial charge is 0.307 e. The molecule has 0 unspecified atom stereocenters. The van der Waals surface area contributed by atoms with Crippen LogP contribution in [0.2, 0.25) is 0 Å². The summed E-state index contributed by atoms with van der Waals surface area (Å²) in [5.41, 5.74) is 1.62. The number of carboxylic acid groups (broad SMARTS) is 1. The molecule has 1 aromatic rings. The number of carbonyl (C=O) groups is 1. The van der Waals surface area contributed by atoms with E-state index in [9.17, 15) is 9.90 Å². The van der Waals surface area contributed by atoms with Gasteiger partial charge < -0.3 is 10.2 Å². The van der Waals surface area contributed by atoms with Crippen LogP contribution in [0.1, 0.15) is 38.3 Å². The number of rotatable bonds is 3. The van der Waals surface area contributed by atoms with Gasteiger partial charge in [0, 0.05) is 0 Å². The largest absolute Gasteiger partial charge is 0.508 e. The van der Waals surface area contributed by atoms with Crippen LogP contribution in [-0.4, -0.2) is 16.2 Å². The van der Waals surface area contributed by atoms with Gasteiger partial charge in [-0.2, -0.15) is 0 Å². The number of carboxylic acids is 1. The van der Waals surface area contributed by atoms with Crippen LogP contribution >= 0.6 is 0 Å². The first-order chi connectivity index (χ1) is 7.80. The van der Waals surface area contributed by atoms with Crippen molar-refractivity contribution in [3.8, 4) is 5.75 Å². The predicted molar refractivity (Wildman–Crippen MR) is 68.1 cm³/mol. The molecule has 1 aromatic carbocycles. The molecule has 92 valence electrons. The molecule has 0 bridgehead atoms. The van der Waals surface area contributed by atoms with Crippen LogP contribution in [0.3, 0.4) is 0 Å². The van der Waals surface area contributed by atoms with E-state index in [1.807, 2.05) is 26.8 Å². The Bertz CT molecular complexity index is 439. The standard InChI is InChI=1S/C14H18O3/c1-14(2,3)11-9-10(7-8-12(11)15)5-4-6-13(16)17/h4-5,7-9,15H,6H2,1-3H3,(H,16,17). The maximum absolute atomic E-state index is 10.4. The molecule has 3 nitrogen and oxygen atoms in total. The average Bonchev–Trinajstić information content (AvgIpc) is 2.18. The Hall–Kier alpha value is -1.77. The Kier molecular flexibility index (Phi) is 3.94. The molecule has 0 aromatic heterocycles. The van der Waals surface area contributed by atoms with Crippen LogP contribution in [0.25, 0.3) is 6.08 Å². The molecule has 0 fully saturated rings. The van der Waals surface area contributed by atoms with Crippen molar-refractivity contribution in [2.75, 3.05) is 0 Å². The summed E-state index contributed by atoms with van der Waals surface area (Å²) in [7, 11) is 0. The topological polar surface area (TPSA) is 57.5 Å². The second-order valence-corrected chi connectivity index (χ2v) is 5.03. The fourth-order valence-corrected chi connectivity index (χ4v) is 1.55. The lowest BCUT2D eigenvalue weighted by Crippen LogP contribution is -2.11. The summed E-state index contributed by atoms with van der Waals surface area (Å²) in [5, 5.41) is 18.3. The van der Waals surface area contributed by atoms with E-state index >= 15 is 0 Å². The van der Waals surface area contributed by atoms with Crippen molar-refractivity contribution in [1.82, 2.24) is 0 Å². The van der Waals surface area contributed by atoms with E-state index in [0.29, 0.717) is 0 Å². The van der Waals surface area contributed by atoms with Gasteiger partial charge in [-0.15, -0.1) is 0 Å². The number of hydrogen-bond acceptors (Lipinski definition) is 2. The van der Waals surface area contributed by atoms with Crippen LogP contribution in [0.4, 0.5) is 0 Å². The minimum absolute atomic E-state index is 0.00568. The van der Waals surface area contributed by atoms with Gasteiger partial charge in [-0.25, -0.2) is 0 Å². The molecule has 0 saturated carbocycles. The third-order valence-electron chi connectivity index (χ3n) is 2.43. The van der Waals surface area contributed by atoms with Crippen LogP contribution < -0.4 is 0 Å². The molecule has 0 aliphatic carbocycles. The van der Waals surface area contributed by atoms with Crippen molar-refractivity contribution in [1.29, 1.82) is 0 Å². The minimum Gasteiger partial charge on any atom is -0.508 e. The summed E-state index contributed by atoms with van der Waals surface area (Å²) in [6, 6.07) is 5.29. The van der Waals surface area contributed by atoms with Crippen LogP contribution in [0, 0.1) is 0 Å². The maximum atomic E-state index is 10.4. The SMILES string of the molecule is CC(C)(C)c1cc(C=CCC(=O)O)ccc1O. The number of aromatic hydroxyl groups is 1. The summed E-state index contributed by atoms with van der Waals surface area (Å²) in [6.07, 6.45) is 3.36. The van der Waals surface area contributed by atoms with Gasteiger partial charge >= 0.3 is 5.97 Å². The van der Waals surface area contributed by atoms with E-state index in [4.69, 9.17) is 5.11 Å². The van der Waals surface area contributed by atoms with Crippen molar-refractivity contribution in [2.45, 2.75) is 32.6 Å². The van der Waals surface area contributed by atoms with Gasteiger partial charge in [0.1, 0.15) is 5.75 Å². The zero-order valence-corrected chi connectivity index (χ0v) is 10.4. The zero-order chi connectivity index (χ0) is 13.1. The summed E-state index contributed by atoms with van der Waals surface area (Å²) in [6.45, 7) is 6.06. The Morgan fingerprint density at radius 1 is 1.35 bits per heavy atom. The van der Waals surface area contributed by atoms with Gasteiger partial charge in [-0.3, -0.25) is 4.79 Å². The quantitative estimate of drug-likeness (QED) is 0.844. The average molecular weight is 234 g/mol. The molecular formula is C14H18O3. The molecule has 2 N–H and O–H groups in total. The van der Waals surface area contributed by atoms with Crippen molar-refractivity contribution >= 4 is 12.0 Å². The first-order valence-electron chi connectivity index (χ1n) is 5.52. The maximum Gasteiger partial charge on any atom is 0.307 e. The third kappa shape index (κ3) is 3.94. The number of hydrogen-bond donors (Lipinski definition) is 2. The summed E-state index contributed by atoms with van der Waals surface area (Å²) in [4.78, 5) is 10.4. The molecule has 17 heavy (non-hydrogen) atoms. The molecule has 0 atom stereocenters.